The molecule has 0 saturated carbocycles. The Morgan fingerprint density at radius 1 is 1.21 bits per heavy atom. The van der Waals surface area contributed by atoms with Gasteiger partial charge >= 0.3 is 0 Å². The Bertz CT molecular complexity index is 830. The fourth-order valence-electron chi connectivity index (χ4n) is 3.39. The zero-order valence-corrected chi connectivity index (χ0v) is 18.4. The first kappa shape index (κ1) is 22.0. The summed E-state index contributed by atoms with van der Waals surface area (Å²) < 4.78 is 18.1. The van der Waals surface area contributed by atoms with Crippen molar-refractivity contribution in [1.82, 2.24) is 15.2 Å². The van der Waals surface area contributed by atoms with Crippen molar-refractivity contribution >= 4 is 28.3 Å². The molecule has 8 heteroatoms. The fraction of sp³-hybridized carbons (Fsp3) is 0.524. The van der Waals surface area contributed by atoms with Gasteiger partial charge in [-0.3, -0.25) is 9.00 Å². The molecule has 1 atom stereocenters. The van der Waals surface area contributed by atoms with Gasteiger partial charge in [0.1, 0.15) is 11.5 Å². The maximum absolute atomic E-state index is 12.4. The molecule has 2 aromatic rings. The Labute approximate surface area is 179 Å². The number of benzene rings is 1. The molecule has 1 aliphatic heterocycles. The van der Waals surface area contributed by atoms with E-state index in [1.807, 2.05) is 12.1 Å². The molecule has 0 bridgehead atoms. The molecule has 1 aromatic carbocycles. The molecule has 1 aromatic heterocycles. The smallest absolute Gasteiger partial charge is 0.232 e. The van der Waals surface area contributed by atoms with Crippen LogP contribution < -0.4 is 5.32 Å². The Kier molecular flexibility index (Phi) is 8.27. The lowest BCUT2D eigenvalue weighted by atomic mass is 10.2. The topological polar surface area (TPSA) is 75.4 Å². The predicted octanol–water partition coefficient (Wildman–Crippen LogP) is 3.54. The SMILES string of the molecule is Cc1oc(-c2ccc(Cl)cc2)nc1C[S@@](=O)CC(=O)NCCN1CCCCCC1. The molecule has 3 rings (SSSR count). The first-order chi connectivity index (χ1) is 14.0. The van der Waals surface area contributed by atoms with E-state index in [0.717, 1.165) is 25.2 Å². The number of amides is 1. The molecule has 0 radical (unpaired) electrons. The van der Waals surface area contributed by atoms with E-state index in [2.05, 4.69) is 15.2 Å². The summed E-state index contributed by atoms with van der Waals surface area (Å²) in [5, 5.41) is 3.53. The van der Waals surface area contributed by atoms with Gasteiger partial charge in [-0.15, -0.1) is 0 Å². The van der Waals surface area contributed by atoms with E-state index < -0.39 is 10.8 Å². The van der Waals surface area contributed by atoms with E-state index in [4.69, 9.17) is 16.0 Å². The molecule has 1 saturated heterocycles. The van der Waals surface area contributed by atoms with Crippen LogP contribution in [0, 0.1) is 6.92 Å². The molecular formula is C21H28ClN3O3S. The van der Waals surface area contributed by atoms with Gasteiger partial charge in [0.05, 0.1) is 11.4 Å². The largest absolute Gasteiger partial charge is 0.441 e. The van der Waals surface area contributed by atoms with Gasteiger partial charge < -0.3 is 14.6 Å². The number of halogens is 1. The Morgan fingerprint density at radius 2 is 1.90 bits per heavy atom. The van der Waals surface area contributed by atoms with Crippen LogP contribution in [0.3, 0.4) is 0 Å². The molecule has 2 heterocycles. The third-order valence-electron chi connectivity index (χ3n) is 5.02. The van der Waals surface area contributed by atoms with Gasteiger partial charge in [-0.25, -0.2) is 4.98 Å². The highest BCUT2D eigenvalue weighted by Gasteiger charge is 2.16. The standard InChI is InChI=1S/C21H28ClN3O3S/c1-16-19(24-21(28-16)17-6-8-18(22)9-7-17)14-29(27)15-20(26)23-10-13-25-11-4-2-3-5-12-25/h6-9H,2-5,10-15H2,1H3,(H,23,26)/t29-/m1/s1. The van der Waals surface area contributed by atoms with Crippen LogP contribution in [-0.4, -0.2) is 51.9 Å². The summed E-state index contributed by atoms with van der Waals surface area (Å²) in [6.07, 6.45) is 5.05. The van der Waals surface area contributed by atoms with E-state index >= 15 is 0 Å². The molecule has 1 amide bonds. The first-order valence-corrected chi connectivity index (χ1v) is 11.9. The lowest BCUT2D eigenvalue weighted by Crippen LogP contribution is -2.37. The van der Waals surface area contributed by atoms with Crippen LogP contribution in [0.2, 0.25) is 5.02 Å². The van der Waals surface area contributed by atoms with Crippen molar-refractivity contribution in [3.05, 3.63) is 40.7 Å². The second kappa shape index (κ2) is 10.9. The van der Waals surface area contributed by atoms with Crippen LogP contribution in [0.4, 0.5) is 0 Å². The number of aryl methyl sites for hydroxylation is 1. The third kappa shape index (κ3) is 6.94. The summed E-state index contributed by atoms with van der Waals surface area (Å²) in [7, 11) is -1.34. The number of hydrogen-bond acceptors (Lipinski definition) is 5. The number of carbonyl (C=O) groups is 1. The normalized spacial score (nSPS) is 16.3. The zero-order chi connectivity index (χ0) is 20.6. The van der Waals surface area contributed by atoms with Crippen LogP contribution in [0.15, 0.2) is 28.7 Å². The average Bonchev–Trinajstić information content (AvgIpc) is 2.88. The maximum Gasteiger partial charge on any atom is 0.232 e. The number of aromatic nitrogens is 1. The zero-order valence-electron chi connectivity index (χ0n) is 16.8. The van der Waals surface area contributed by atoms with E-state index in [-0.39, 0.29) is 17.4 Å². The van der Waals surface area contributed by atoms with E-state index in [1.165, 1.54) is 25.7 Å². The van der Waals surface area contributed by atoms with Gasteiger partial charge in [-0.2, -0.15) is 0 Å². The first-order valence-electron chi connectivity index (χ1n) is 10.1. The summed E-state index contributed by atoms with van der Waals surface area (Å²) in [6.45, 7) is 5.44. The summed E-state index contributed by atoms with van der Waals surface area (Å²) in [5.41, 5.74) is 1.42. The van der Waals surface area contributed by atoms with E-state index in [1.54, 1.807) is 19.1 Å². The maximum atomic E-state index is 12.4. The minimum atomic E-state index is -1.34. The monoisotopic (exact) mass is 437 g/mol. The summed E-state index contributed by atoms with van der Waals surface area (Å²) in [5.74, 6) is 1.07. The van der Waals surface area contributed by atoms with Crippen molar-refractivity contribution in [1.29, 1.82) is 0 Å². The van der Waals surface area contributed by atoms with Gasteiger partial charge in [-0.05, 0) is 57.1 Å². The number of oxazole rings is 1. The summed E-state index contributed by atoms with van der Waals surface area (Å²) in [4.78, 5) is 19.0. The summed E-state index contributed by atoms with van der Waals surface area (Å²) >= 11 is 5.91. The number of carbonyl (C=O) groups excluding carboxylic acids is 1. The highest BCUT2D eigenvalue weighted by Crippen LogP contribution is 2.24. The van der Waals surface area contributed by atoms with Crippen molar-refractivity contribution in [3.63, 3.8) is 0 Å². The van der Waals surface area contributed by atoms with Crippen molar-refractivity contribution in [2.24, 2.45) is 0 Å². The van der Waals surface area contributed by atoms with Crippen molar-refractivity contribution in [2.75, 3.05) is 31.9 Å². The molecule has 29 heavy (non-hydrogen) atoms. The molecule has 0 aliphatic carbocycles. The number of nitrogens with zero attached hydrogens (tertiary/aromatic N) is 2. The van der Waals surface area contributed by atoms with E-state index in [0.29, 0.717) is 28.9 Å². The molecule has 6 nitrogen and oxygen atoms in total. The predicted molar refractivity (Wildman–Crippen MR) is 116 cm³/mol. The second-order valence-electron chi connectivity index (χ2n) is 7.36. The quantitative estimate of drug-likeness (QED) is 0.683. The van der Waals surface area contributed by atoms with Crippen molar-refractivity contribution in [3.8, 4) is 11.5 Å². The van der Waals surface area contributed by atoms with Crippen molar-refractivity contribution < 1.29 is 13.4 Å². The average molecular weight is 438 g/mol. The summed E-state index contributed by atoms with van der Waals surface area (Å²) in [6, 6.07) is 7.19. The van der Waals surface area contributed by atoms with Crippen molar-refractivity contribution in [2.45, 2.75) is 38.4 Å². The number of nitrogens with one attached hydrogen (secondary N) is 1. The highest BCUT2D eigenvalue weighted by atomic mass is 35.5. The minimum Gasteiger partial charge on any atom is -0.441 e. The van der Waals surface area contributed by atoms with Gasteiger partial charge in [0.15, 0.2) is 0 Å². The van der Waals surface area contributed by atoms with Crippen LogP contribution >= 0.6 is 11.6 Å². The molecule has 158 valence electrons. The number of rotatable bonds is 8. The van der Waals surface area contributed by atoms with Crippen LogP contribution in [0.1, 0.15) is 37.1 Å². The van der Waals surface area contributed by atoms with Gasteiger partial charge in [0.25, 0.3) is 0 Å². The Balaban J connectivity index is 1.45. The number of hydrogen-bond donors (Lipinski definition) is 1. The molecule has 1 N–H and O–H groups in total. The second-order valence-corrected chi connectivity index (χ2v) is 9.26. The lowest BCUT2D eigenvalue weighted by molar-refractivity contribution is -0.118. The lowest BCUT2D eigenvalue weighted by Gasteiger charge is -2.19. The fourth-order valence-corrected chi connectivity index (χ4v) is 4.59. The number of likely N-dealkylation sites (tertiary alicyclic amines) is 1. The molecule has 1 aliphatic rings. The highest BCUT2D eigenvalue weighted by molar-refractivity contribution is 7.84. The van der Waals surface area contributed by atoms with Crippen LogP contribution in [0.25, 0.3) is 11.5 Å². The van der Waals surface area contributed by atoms with Crippen LogP contribution in [-0.2, 0) is 21.3 Å². The van der Waals surface area contributed by atoms with E-state index in [9.17, 15) is 9.00 Å². The Hall–Kier alpha value is -1.70. The molecule has 0 unspecified atom stereocenters. The molecule has 0 spiro atoms. The minimum absolute atomic E-state index is 0.0252. The van der Waals surface area contributed by atoms with Gasteiger partial charge in [-0.1, -0.05) is 24.4 Å². The third-order valence-corrected chi connectivity index (χ3v) is 6.45. The van der Waals surface area contributed by atoms with Gasteiger partial charge in [0, 0.05) is 34.5 Å². The Morgan fingerprint density at radius 3 is 2.59 bits per heavy atom. The van der Waals surface area contributed by atoms with Gasteiger partial charge in [0.2, 0.25) is 11.8 Å². The molecule has 1 fully saturated rings. The molecular weight excluding hydrogens is 410 g/mol. The van der Waals surface area contributed by atoms with Crippen LogP contribution in [0.5, 0.6) is 0 Å².